The molecule has 1 aromatic rings. The van der Waals surface area contributed by atoms with Gasteiger partial charge in [-0.3, -0.25) is 0 Å². The van der Waals surface area contributed by atoms with Crippen molar-refractivity contribution >= 4 is 9.84 Å². The van der Waals surface area contributed by atoms with E-state index in [9.17, 15) is 8.42 Å². The largest absolute Gasteiger partial charge is 0.321 e. The van der Waals surface area contributed by atoms with Crippen LogP contribution in [-0.4, -0.2) is 19.9 Å². The maximum Gasteiger partial charge on any atom is 0.150 e. The summed E-state index contributed by atoms with van der Waals surface area (Å²) in [6.45, 7) is 0. The molecule has 18 heavy (non-hydrogen) atoms. The number of benzene rings is 1. The van der Waals surface area contributed by atoms with E-state index in [-0.39, 0.29) is 11.7 Å². The molecule has 0 saturated carbocycles. The first-order chi connectivity index (χ1) is 8.51. The fourth-order valence-corrected chi connectivity index (χ4v) is 5.41. The highest BCUT2D eigenvalue weighted by Gasteiger charge is 2.44. The summed E-state index contributed by atoms with van der Waals surface area (Å²) in [7, 11) is -2.87. The van der Waals surface area contributed by atoms with Gasteiger partial charge < -0.3 is 5.73 Å². The van der Waals surface area contributed by atoms with Crippen molar-refractivity contribution in [3.63, 3.8) is 0 Å². The van der Waals surface area contributed by atoms with Gasteiger partial charge in [0, 0.05) is 5.54 Å². The average molecular weight is 265 g/mol. The lowest BCUT2D eigenvalue weighted by atomic mass is 9.69. The van der Waals surface area contributed by atoms with Crippen LogP contribution in [0.25, 0.3) is 0 Å². The Bertz CT molecular complexity index is 567. The van der Waals surface area contributed by atoms with E-state index in [1.165, 1.54) is 11.1 Å². The van der Waals surface area contributed by atoms with Crippen LogP contribution in [0.5, 0.6) is 0 Å². The van der Waals surface area contributed by atoms with E-state index in [2.05, 4.69) is 12.1 Å². The van der Waals surface area contributed by atoms with Crippen LogP contribution in [0.2, 0.25) is 0 Å². The highest BCUT2D eigenvalue weighted by molar-refractivity contribution is 7.91. The quantitative estimate of drug-likeness (QED) is 0.839. The molecule has 1 fully saturated rings. The normalized spacial score (nSPS) is 34.2. The van der Waals surface area contributed by atoms with Gasteiger partial charge in [-0.05, 0) is 42.7 Å². The molecule has 2 atom stereocenters. The van der Waals surface area contributed by atoms with E-state index < -0.39 is 15.4 Å². The zero-order valence-electron chi connectivity index (χ0n) is 10.4. The summed E-state index contributed by atoms with van der Waals surface area (Å²) in [5.74, 6) is 0.653. The fourth-order valence-electron chi connectivity index (χ4n) is 3.52. The molecule has 3 rings (SSSR count). The van der Waals surface area contributed by atoms with Gasteiger partial charge in [0.05, 0.1) is 11.5 Å². The molecule has 2 aliphatic rings. The zero-order chi connectivity index (χ0) is 12.8. The van der Waals surface area contributed by atoms with Crippen LogP contribution in [0.4, 0.5) is 0 Å². The van der Waals surface area contributed by atoms with Gasteiger partial charge in [0.15, 0.2) is 9.84 Å². The van der Waals surface area contributed by atoms with Crippen molar-refractivity contribution < 1.29 is 8.42 Å². The van der Waals surface area contributed by atoms with Crippen LogP contribution in [-0.2, 0) is 21.8 Å². The molecule has 2 unspecified atom stereocenters. The maximum absolute atomic E-state index is 11.7. The van der Waals surface area contributed by atoms with Gasteiger partial charge in [-0.1, -0.05) is 24.3 Å². The number of hydrogen-bond acceptors (Lipinski definition) is 3. The molecule has 1 aromatic carbocycles. The Kier molecular flexibility index (Phi) is 2.75. The third-order valence-electron chi connectivity index (χ3n) is 4.52. The predicted molar refractivity (Wildman–Crippen MR) is 72.0 cm³/mol. The summed E-state index contributed by atoms with van der Waals surface area (Å²) in [6.07, 6.45) is 3.75. The molecule has 0 amide bonds. The van der Waals surface area contributed by atoms with E-state index in [0.717, 1.165) is 19.3 Å². The predicted octanol–water partition coefficient (Wildman–Crippen LogP) is 1.61. The first-order valence-corrected chi connectivity index (χ1v) is 8.41. The molecule has 0 bridgehead atoms. The summed E-state index contributed by atoms with van der Waals surface area (Å²) in [5, 5.41) is 0. The Balaban J connectivity index is 2.01. The number of nitrogens with two attached hydrogens (primary N) is 1. The average Bonchev–Trinajstić information content (AvgIpc) is 2.71. The highest BCUT2D eigenvalue weighted by Crippen LogP contribution is 2.42. The van der Waals surface area contributed by atoms with Gasteiger partial charge in [-0.25, -0.2) is 8.42 Å². The second kappa shape index (κ2) is 4.07. The van der Waals surface area contributed by atoms with Crippen molar-refractivity contribution in [2.45, 2.75) is 31.2 Å². The summed E-state index contributed by atoms with van der Waals surface area (Å²) in [4.78, 5) is 0. The standard InChI is InChI=1S/C14H19NO2S/c15-14(12-7-9-18(16,17)10-12)8-3-5-11-4-1-2-6-13(11)14/h1-2,4,6,12H,3,5,7-10,15H2. The molecule has 4 heteroatoms. The summed E-state index contributed by atoms with van der Waals surface area (Å²) < 4.78 is 23.4. The van der Waals surface area contributed by atoms with E-state index in [1.54, 1.807) is 0 Å². The molecule has 1 saturated heterocycles. The van der Waals surface area contributed by atoms with Crippen molar-refractivity contribution in [1.29, 1.82) is 0 Å². The van der Waals surface area contributed by atoms with Crippen LogP contribution < -0.4 is 5.73 Å². The van der Waals surface area contributed by atoms with Gasteiger partial charge in [-0.2, -0.15) is 0 Å². The molecular formula is C14H19NO2S. The molecular weight excluding hydrogens is 246 g/mol. The third kappa shape index (κ3) is 1.88. The minimum absolute atomic E-state index is 0.0870. The number of sulfone groups is 1. The Morgan fingerprint density at radius 3 is 2.78 bits per heavy atom. The Morgan fingerprint density at radius 2 is 2.06 bits per heavy atom. The molecule has 0 spiro atoms. The first kappa shape index (κ1) is 12.2. The second-order valence-corrected chi connectivity index (χ2v) is 7.88. The fraction of sp³-hybridized carbons (Fsp3) is 0.571. The minimum Gasteiger partial charge on any atom is -0.321 e. The first-order valence-electron chi connectivity index (χ1n) is 6.59. The summed E-state index contributed by atoms with van der Waals surface area (Å²) in [5.41, 5.74) is 8.68. The van der Waals surface area contributed by atoms with Crippen LogP contribution >= 0.6 is 0 Å². The Hall–Kier alpha value is -0.870. The van der Waals surface area contributed by atoms with Crippen LogP contribution in [0.15, 0.2) is 24.3 Å². The summed E-state index contributed by atoms with van der Waals surface area (Å²) >= 11 is 0. The van der Waals surface area contributed by atoms with Crippen molar-refractivity contribution in [3.8, 4) is 0 Å². The van der Waals surface area contributed by atoms with E-state index in [4.69, 9.17) is 5.73 Å². The molecule has 0 aromatic heterocycles. The molecule has 0 radical (unpaired) electrons. The lowest BCUT2D eigenvalue weighted by Gasteiger charge is -2.40. The smallest absolute Gasteiger partial charge is 0.150 e. The number of aryl methyl sites for hydroxylation is 1. The van der Waals surface area contributed by atoms with Crippen molar-refractivity contribution in [3.05, 3.63) is 35.4 Å². The second-order valence-electron chi connectivity index (χ2n) is 5.65. The third-order valence-corrected chi connectivity index (χ3v) is 6.28. The zero-order valence-corrected chi connectivity index (χ0v) is 11.2. The topological polar surface area (TPSA) is 60.2 Å². The van der Waals surface area contributed by atoms with E-state index >= 15 is 0 Å². The lowest BCUT2D eigenvalue weighted by molar-refractivity contribution is 0.259. The van der Waals surface area contributed by atoms with E-state index in [0.29, 0.717) is 12.2 Å². The molecule has 2 N–H and O–H groups in total. The van der Waals surface area contributed by atoms with Crippen molar-refractivity contribution in [1.82, 2.24) is 0 Å². The molecule has 3 nitrogen and oxygen atoms in total. The number of rotatable bonds is 1. The molecule has 1 aliphatic carbocycles. The lowest BCUT2D eigenvalue weighted by Crippen LogP contribution is -2.47. The SMILES string of the molecule is NC1(C2CCS(=O)(=O)C2)CCCc2ccccc21. The van der Waals surface area contributed by atoms with E-state index in [1.807, 2.05) is 12.1 Å². The van der Waals surface area contributed by atoms with Gasteiger partial charge >= 0.3 is 0 Å². The summed E-state index contributed by atoms with van der Waals surface area (Å²) in [6, 6.07) is 8.25. The maximum atomic E-state index is 11.7. The monoisotopic (exact) mass is 265 g/mol. The molecule has 1 aliphatic heterocycles. The van der Waals surface area contributed by atoms with Gasteiger partial charge in [0.2, 0.25) is 0 Å². The van der Waals surface area contributed by atoms with Crippen LogP contribution in [0.1, 0.15) is 30.4 Å². The van der Waals surface area contributed by atoms with Crippen molar-refractivity contribution in [2.75, 3.05) is 11.5 Å². The number of fused-ring (bicyclic) bond motifs is 1. The van der Waals surface area contributed by atoms with Crippen LogP contribution in [0, 0.1) is 5.92 Å². The van der Waals surface area contributed by atoms with Gasteiger partial charge in [-0.15, -0.1) is 0 Å². The highest BCUT2D eigenvalue weighted by atomic mass is 32.2. The molecule has 98 valence electrons. The van der Waals surface area contributed by atoms with Crippen molar-refractivity contribution in [2.24, 2.45) is 11.7 Å². The van der Waals surface area contributed by atoms with Gasteiger partial charge in [0.1, 0.15) is 0 Å². The van der Waals surface area contributed by atoms with Gasteiger partial charge in [0.25, 0.3) is 0 Å². The Morgan fingerprint density at radius 1 is 1.28 bits per heavy atom. The minimum atomic E-state index is -2.87. The Labute approximate surface area is 108 Å². The van der Waals surface area contributed by atoms with Crippen LogP contribution in [0.3, 0.4) is 0 Å². The number of hydrogen-bond donors (Lipinski definition) is 1. The molecule has 1 heterocycles.